The first-order chi connectivity index (χ1) is 5.72. The quantitative estimate of drug-likeness (QED) is 0.623. The number of carbonyl (C=O) groups is 1. The fourth-order valence-corrected chi connectivity index (χ4v) is 1.65. The van der Waals surface area contributed by atoms with Gasteiger partial charge in [0.15, 0.2) is 0 Å². The van der Waals surface area contributed by atoms with Gasteiger partial charge in [0.25, 0.3) is 0 Å². The predicted octanol–water partition coefficient (Wildman–Crippen LogP) is 0.895. The van der Waals surface area contributed by atoms with Crippen LogP contribution in [0.1, 0.15) is 6.92 Å². The number of nitrogens with one attached hydrogen (secondary N) is 2. The van der Waals surface area contributed by atoms with E-state index in [-0.39, 0.29) is 11.4 Å². The van der Waals surface area contributed by atoms with Crippen LogP contribution in [0.25, 0.3) is 0 Å². The minimum Gasteiger partial charge on any atom is -0.322 e. The molecular formula is C8H10N2OS. The molecule has 0 spiro atoms. The number of urea groups is 1. The summed E-state index contributed by atoms with van der Waals surface area (Å²) in [4.78, 5) is 10.9. The Balaban J connectivity index is 2.50. The number of carbonyl (C=O) groups excluding carboxylic acids is 1. The Labute approximate surface area is 76.0 Å². The van der Waals surface area contributed by atoms with Gasteiger partial charge in [-0.3, -0.25) is 0 Å². The number of thioether (sulfide) groups is 1. The van der Waals surface area contributed by atoms with Gasteiger partial charge in [-0.15, -0.1) is 18.2 Å². The van der Waals surface area contributed by atoms with Crippen molar-refractivity contribution in [1.29, 1.82) is 0 Å². The zero-order valence-corrected chi connectivity index (χ0v) is 7.57. The molecule has 1 aliphatic heterocycles. The van der Waals surface area contributed by atoms with Crippen LogP contribution in [0.3, 0.4) is 0 Å². The van der Waals surface area contributed by atoms with Gasteiger partial charge in [-0.2, -0.15) is 0 Å². The highest BCUT2D eigenvalue weighted by Crippen LogP contribution is 2.12. The van der Waals surface area contributed by atoms with Crippen LogP contribution >= 0.6 is 11.8 Å². The fourth-order valence-electron chi connectivity index (χ4n) is 0.882. The molecule has 2 N–H and O–H groups in total. The van der Waals surface area contributed by atoms with Crippen LogP contribution in [-0.4, -0.2) is 17.2 Å². The summed E-state index contributed by atoms with van der Waals surface area (Å²) in [6.07, 6.45) is 7.03. The summed E-state index contributed by atoms with van der Waals surface area (Å²) >= 11 is 1.52. The van der Waals surface area contributed by atoms with Gasteiger partial charge in [0, 0.05) is 5.70 Å². The van der Waals surface area contributed by atoms with Gasteiger partial charge in [0.05, 0.1) is 11.1 Å². The van der Waals surface area contributed by atoms with Gasteiger partial charge in [-0.1, -0.05) is 5.92 Å². The Morgan fingerprint density at radius 3 is 3.17 bits per heavy atom. The van der Waals surface area contributed by atoms with Gasteiger partial charge in [-0.05, 0) is 13.0 Å². The molecule has 1 atom stereocenters. The molecule has 2 amide bonds. The Bertz CT molecular complexity index is 254. The van der Waals surface area contributed by atoms with Crippen molar-refractivity contribution in [2.24, 2.45) is 0 Å². The van der Waals surface area contributed by atoms with E-state index in [1.807, 2.05) is 13.0 Å². The molecule has 0 aliphatic carbocycles. The molecule has 0 saturated carbocycles. The van der Waals surface area contributed by atoms with Crippen molar-refractivity contribution in [3.8, 4) is 12.3 Å². The maximum atomic E-state index is 10.9. The van der Waals surface area contributed by atoms with Gasteiger partial charge < -0.3 is 10.6 Å². The highest BCUT2D eigenvalue weighted by molar-refractivity contribution is 8.00. The zero-order valence-electron chi connectivity index (χ0n) is 6.76. The summed E-state index contributed by atoms with van der Waals surface area (Å²) in [5.41, 5.74) is 0.869. The van der Waals surface area contributed by atoms with E-state index < -0.39 is 0 Å². The van der Waals surface area contributed by atoms with Crippen LogP contribution in [0.5, 0.6) is 0 Å². The summed E-state index contributed by atoms with van der Waals surface area (Å²) < 4.78 is 0. The minimum absolute atomic E-state index is 0.00907. The van der Waals surface area contributed by atoms with Gasteiger partial charge in [0.1, 0.15) is 0 Å². The van der Waals surface area contributed by atoms with E-state index in [1.165, 1.54) is 11.8 Å². The number of hydrogen-bond donors (Lipinski definition) is 2. The number of amides is 2. The third kappa shape index (κ3) is 2.51. The van der Waals surface area contributed by atoms with Crippen LogP contribution in [0.4, 0.5) is 4.79 Å². The second-order valence-electron chi connectivity index (χ2n) is 2.38. The molecule has 0 saturated heterocycles. The van der Waals surface area contributed by atoms with E-state index in [1.54, 1.807) is 0 Å². The smallest absolute Gasteiger partial charge is 0.320 e. The molecule has 1 aliphatic rings. The number of terminal acetylenes is 1. The monoisotopic (exact) mass is 182 g/mol. The normalized spacial score (nSPS) is 21.8. The molecule has 12 heavy (non-hydrogen) atoms. The molecule has 0 aromatic rings. The summed E-state index contributed by atoms with van der Waals surface area (Å²) in [7, 11) is 0. The zero-order chi connectivity index (χ0) is 8.97. The second-order valence-corrected chi connectivity index (χ2v) is 3.51. The molecular weight excluding hydrogens is 172 g/mol. The average Bonchev–Trinajstić information content (AvgIpc) is 1.99. The van der Waals surface area contributed by atoms with Crippen LogP contribution in [-0.2, 0) is 0 Å². The molecule has 0 bridgehead atoms. The van der Waals surface area contributed by atoms with Crippen LogP contribution in [0, 0.1) is 12.3 Å². The van der Waals surface area contributed by atoms with Gasteiger partial charge in [-0.25, -0.2) is 4.79 Å². The van der Waals surface area contributed by atoms with Crippen molar-refractivity contribution in [2.45, 2.75) is 12.3 Å². The molecule has 64 valence electrons. The topological polar surface area (TPSA) is 41.1 Å². The lowest BCUT2D eigenvalue weighted by atomic mass is 10.4. The highest BCUT2D eigenvalue weighted by Gasteiger charge is 2.14. The lowest BCUT2D eigenvalue weighted by Gasteiger charge is -2.20. The third-order valence-corrected chi connectivity index (χ3v) is 2.28. The number of allylic oxidation sites excluding steroid dienone is 1. The van der Waals surface area contributed by atoms with Gasteiger partial charge in [0.2, 0.25) is 0 Å². The van der Waals surface area contributed by atoms with Crippen molar-refractivity contribution >= 4 is 17.8 Å². The van der Waals surface area contributed by atoms with E-state index >= 15 is 0 Å². The van der Waals surface area contributed by atoms with E-state index in [0.717, 1.165) is 5.70 Å². The molecule has 0 aromatic heterocycles. The van der Waals surface area contributed by atoms with E-state index in [2.05, 4.69) is 16.6 Å². The van der Waals surface area contributed by atoms with Crippen molar-refractivity contribution in [3.05, 3.63) is 11.8 Å². The van der Waals surface area contributed by atoms with E-state index in [4.69, 9.17) is 6.42 Å². The molecule has 0 radical (unpaired) electrons. The Morgan fingerprint density at radius 2 is 2.58 bits per heavy atom. The minimum atomic E-state index is -0.162. The SMILES string of the molecule is C#CCSC1C=C(C)NC(=O)N1. The first-order valence-electron chi connectivity index (χ1n) is 3.53. The Morgan fingerprint density at radius 1 is 1.83 bits per heavy atom. The van der Waals surface area contributed by atoms with E-state index in [9.17, 15) is 4.79 Å². The fraction of sp³-hybridized carbons (Fsp3) is 0.375. The lowest BCUT2D eigenvalue weighted by Crippen LogP contribution is -2.43. The van der Waals surface area contributed by atoms with Crippen LogP contribution in [0.2, 0.25) is 0 Å². The van der Waals surface area contributed by atoms with Crippen LogP contribution in [0.15, 0.2) is 11.8 Å². The first-order valence-corrected chi connectivity index (χ1v) is 4.58. The molecule has 4 heteroatoms. The lowest BCUT2D eigenvalue weighted by molar-refractivity contribution is 0.242. The molecule has 1 heterocycles. The number of hydrogen-bond acceptors (Lipinski definition) is 2. The highest BCUT2D eigenvalue weighted by atomic mass is 32.2. The van der Waals surface area contributed by atoms with Crippen molar-refractivity contribution < 1.29 is 4.79 Å². The summed E-state index contributed by atoms with van der Waals surface area (Å²) in [6.45, 7) is 1.85. The first kappa shape index (κ1) is 9.01. The summed E-state index contributed by atoms with van der Waals surface area (Å²) in [6, 6.07) is -0.162. The summed E-state index contributed by atoms with van der Waals surface area (Å²) in [5.74, 6) is 3.11. The number of rotatable bonds is 2. The molecule has 1 rings (SSSR count). The maximum absolute atomic E-state index is 10.9. The standard InChI is InChI=1S/C8H10N2OS/c1-3-4-12-7-5-6(2)9-8(11)10-7/h1,5,7H,4H2,2H3,(H2,9,10,11). The van der Waals surface area contributed by atoms with Crippen molar-refractivity contribution in [2.75, 3.05) is 5.75 Å². The molecule has 0 aromatic carbocycles. The Hall–Kier alpha value is -1.08. The van der Waals surface area contributed by atoms with Crippen molar-refractivity contribution in [3.63, 3.8) is 0 Å². The second kappa shape index (κ2) is 4.07. The summed E-state index contributed by atoms with van der Waals surface area (Å²) in [5, 5.41) is 5.36. The largest absolute Gasteiger partial charge is 0.322 e. The third-order valence-electron chi connectivity index (χ3n) is 1.33. The van der Waals surface area contributed by atoms with Crippen LogP contribution < -0.4 is 10.6 Å². The van der Waals surface area contributed by atoms with Gasteiger partial charge >= 0.3 is 6.03 Å². The molecule has 1 unspecified atom stereocenters. The van der Waals surface area contributed by atoms with Crippen molar-refractivity contribution in [1.82, 2.24) is 10.6 Å². The maximum Gasteiger partial charge on any atom is 0.320 e. The average molecular weight is 182 g/mol. The van der Waals surface area contributed by atoms with E-state index in [0.29, 0.717) is 5.75 Å². The predicted molar refractivity (Wildman–Crippen MR) is 50.5 cm³/mol. The Kier molecular flexibility index (Phi) is 3.06. The molecule has 3 nitrogen and oxygen atoms in total. The molecule has 0 fully saturated rings.